The van der Waals surface area contributed by atoms with Crippen LogP contribution < -0.4 is 0 Å². The summed E-state index contributed by atoms with van der Waals surface area (Å²) in [5.74, 6) is -2.07. The number of hydrogen-bond donors (Lipinski definition) is 0. The third kappa shape index (κ3) is 5.54. The number of amides is 1. The van der Waals surface area contributed by atoms with E-state index in [2.05, 4.69) is 4.98 Å². The lowest BCUT2D eigenvalue weighted by molar-refractivity contribution is -0.0504. The maximum Gasteiger partial charge on any atom is 0.265 e. The highest BCUT2D eigenvalue weighted by molar-refractivity contribution is 7.84. The van der Waals surface area contributed by atoms with Gasteiger partial charge in [0.25, 0.3) is 11.8 Å². The number of piperidine rings is 1. The monoisotopic (exact) mass is 492 g/mol. The van der Waals surface area contributed by atoms with Gasteiger partial charge in [0, 0.05) is 67.1 Å². The van der Waals surface area contributed by atoms with Gasteiger partial charge in [0.05, 0.1) is 5.75 Å². The lowest BCUT2D eigenvalue weighted by atomic mass is 10.1. The summed E-state index contributed by atoms with van der Waals surface area (Å²) in [6, 6.07) is 10.8. The first kappa shape index (κ1) is 25.6. The molecule has 5 rings (SSSR count). The zero-order valence-corrected chi connectivity index (χ0v) is 19.4. The van der Waals surface area contributed by atoms with Gasteiger partial charge in [-0.05, 0) is 37.4 Å². The van der Waals surface area contributed by atoms with Gasteiger partial charge in [-0.3, -0.25) is 13.9 Å². The maximum absolute atomic E-state index is 12.4. The number of likely N-dealkylation sites (tertiary alicyclic amines) is 1. The topological polar surface area (TPSA) is 107 Å². The Morgan fingerprint density at radius 3 is 2.47 bits per heavy atom. The summed E-state index contributed by atoms with van der Waals surface area (Å²) >= 11 is 0. The summed E-state index contributed by atoms with van der Waals surface area (Å²) in [6.45, 7) is 1.60. The van der Waals surface area contributed by atoms with E-state index in [0.29, 0.717) is 42.2 Å². The van der Waals surface area contributed by atoms with Gasteiger partial charge in [-0.15, -0.1) is 0 Å². The molecule has 1 atom stereocenters. The second-order valence-electron chi connectivity index (χ2n) is 8.13. The molecule has 2 aliphatic heterocycles. The molecule has 182 valence electrons. The normalized spacial score (nSPS) is 19.4. The number of carbonyl (C=O) groups excluding carboxylic acids is 2. The third-order valence-corrected chi connectivity index (χ3v) is 7.09. The van der Waals surface area contributed by atoms with Crippen LogP contribution in [0.25, 0.3) is 16.7 Å². The van der Waals surface area contributed by atoms with Gasteiger partial charge in [-0.2, -0.15) is 0 Å². The molecule has 0 radical (unpaired) electrons. The Kier molecular flexibility index (Phi) is 7.90. The molecule has 2 fully saturated rings. The Morgan fingerprint density at radius 1 is 1.15 bits per heavy atom. The van der Waals surface area contributed by atoms with Gasteiger partial charge in [-0.1, -0.05) is 6.07 Å². The van der Waals surface area contributed by atoms with E-state index >= 15 is 0 Å². The zero-order chi connectivity index (χ0) is 23.6. The number of fused-ring (bicyclic) bond motifs is 1. The van der Waals surface area contributed by atoms with Crippen LogP contribution in [-0.2, 0) is 11.0 Å². The SMILES string of the molecule is CN1CCC(F)(F)CC1.O.O=Cc1cnc2c(ccn2-c2cccc(C(=O)N3CCS3=O)c2)c1. The summed E-state index contributed by atoms with van der Waals surface area (Å²) in [7, 11) is 0.672. The summed E-state index contributed by atoms with van der Waals surface area (Å²) in [5, 5.41) is 0.847. The van der Waals surface area contributed by atoms with E-state index in [1.807, 2.05) is 34.8 Å². The molecule has 2 N–H and O–H groups in total. The quantitative estimate of drug-likeness (QED) is 0.522. The number of alkyl halides is 2. The number of rotatable bonds is 3. The molecule has 1 aromatic carbocycles. The molecule has 1 amide bonds. The van der Waals surface area contributed by atoms with Crippen molar-refractivity contribution in [2.75, 3.05) is 32.4 Å². The van der Waals surface area contributed by atoms with Crippen LogP contribution >= 0.6 is 0 Å². The van der Waals surface area contributed by atoms with E-state index in [9.17, 15) is 22.6 Å². The smallest absolute Gasteiger partial charge is 0.265 e. The average molecular weight is 493 g/mol. The highest BCUT2D eigenvalue weighted by Crippen LogP contribution is 2.26. The van der Waals surface area contributed by atoms with Gasteiger partial charge >= 0.3 is 0 Å². The summed E-state index contributed by atoms with van der Waals surface area (Å²) in [4.78, 5) is 29.5. The molecule has 0 spiro atoms. The minimum Gasteiger partial charge on any atom is -0.412 e. The van der Waals surface area contributed by atoms with Crippen molar-refractivity contribution in [1.82, 2.24) is 18.8 Å². The van der Waals surface area contributed by atoms with Crippen molar-refractivity contribution in [2.24, 2.45) is 0 Å². The second kappa shape index (κ2) is 10.5. The van der Waals surface area contributed by atoms with Gasteiger partial charge in [0.15, 0.2) is 6.29 Å². The first-order valence-electron chi connectivity index (χ1n) is 10.6. The fourth-order valence-electron chi connectivity index (χ4n) is 3.64. The highest BCUT2D eigenvalue weighted by Gasteiger charge is 2.32. The molecule has 0 saturated carbocycles. The average Bonchev–Trinajstić information content (AvgIpc) is 3.23. The standard InChI is InChI=1S/C17H13N3O3S.C6H11F2N.H2O/c21-11-12-8-13-4-5-19(16(13)18-10-12)15-3-1-2-14(9-15)17(22)20-6-7-24(20)23;1-9-4-2-6(7,8)3-5-9;/h1-5,8-11H,6-7H2;2-5H2,1H3;1H2. The Morgan fingerprint density at radius 2 is 1.88 bits per heavy atom. The van der Waals surface area contributed by atoms with Crippen LogP contribution in [0.1, 0.15) is 33.6 Å². The molecule has 34 heavy (non-hydrogen) atoms. The van der Waals surface area contributed by atoms with E-state index in [4.69, 9.17) is 0 Å². The maximum atomic E-state index is 12.4. The van der Waals surface area contributed by atoms with Crippen LogP contribution in [-0.4, -0.2) is 79.0 Å². The summed E-state index contributed by atoms with van der Waals surface area (Å²) in [5.41, 5.74) is 2.50. The number of halogens is 2. The van der Waals surface area contributed by atoms with E-state index < -0.39 is 16.9 Å². The van der Waals surface area contributed by atoms with Gasteiger partial charge in [-0.25, -0.2) is 18.0 Å². The van der Waals surface area contributed by atoms with Crippen LogP contribution in [0.3, 0.4) is 0 Å². The molecule has 4 heterocycles. The number of aldehydes is 1. The molecular formula is C23H26F2N4O4S. The van der Waals surface area contributed by atoms with E-state index in [0.717, 1.165) is 17.4 Å². The Labute approximate surface area is 198 Å². The number of nitrogens with zero attached hydrogens (tertiary/aromatic N) is 4. The van der Waals surface area contributed by atoms with Gasteiger partial charge < -0.3 is 14.9 Å². The van der Waals surface area contributed by atoms with Crippen molar-refractivity contribution in [2.45, 2.75) is 18.8 Å². The molecule has 2 aliphatic rings. The number of carbonyl (C=O) groups is 2. The largest absolute Gasteiger partial charge is 0.412 e. The Bertz CT molecular complexity index is 1210. The molecule has 3 aromatic rings. The van der Waals surface area contributed by atoms with Crippen molar-refractivity contribution >= 4 is 34.2 Å². The van der Waals surface area contributed by atoms with Gasteiger partial charge in [0.1, 0.15) is 16.6 Å². The lowest BCUT2D eigenvalue weighted by Gasteiger charge is -2.29. The minimum absolute atomic E-state index is 0. The Balaban J connectivity index is 0.000000275. The van der Waals surface area contributed by atoms with Crippen molar-refractivity contribution in [3.8, 4) is 5.69 Å². The van der Waals surface area contributed by atoms with Crippen molar-refractivity contribution in [3.05, 3.63) is 59.9 Å². The number of hydrogen-bond acceptors (Lipinski definition) is 5. The van der Waals surface area contributed by atoms with Crippen LogP contribution in [0.5, 0.6) is 0 Å². The first-order valence-corrected chi connectivity index (χ1v) is 11.8. The number of aromatic nitrogens is 2. The summed E-state index contributed by atoms with van der Waals surface area (Å²) < 4.78 is 39.5. The second-order valence-corrected chi connectivity index (χ2v) is 9.62. The van der Waals surface area contributed by atoms with Crippen LogP contribution in [0.2, 0.25) is 0 Å². The number of benzene rings is 1. The third-order valence-electron chi connectivity index (χ3n) is 5.71. The van der Waals surface area contributed by atoms with Gasteiger partial charge in [0.2, 0.25) is 0 Å². The van der Waals surface area contributed by atoms with Crippen molar-refractivity contribution in [3.63, 3.8) is 0 Å². The molecule has 0 bridgehead atoms. The van der Waals surface area contributed by atoms with Crippen molar-refractivity contribution in [1.29, 1.82) is 0 Å². The zero-order valence-electron chi connectivity index (χ0n) is 18.6. The predicted molar refractivity (Wildman–Crippen MR) is 126 cm³/mol. The Hall–Kier alpha value is -3.02. The molecule has 2 saturated heterocycles. The predicted octanol–water partition coefficient (Wildman–Crippen LogP) is 2.48. The van der Waals surface area contributed by atoms with E-state index in [1.165, 1.54) is 10.5 Å². The summed E-state index contributed by atoms with van der Waals surface area (Å²) in [6.07, 6.45) is 4.19. The number of pyridine rings is 1. The molecule has 2 aromatic heterocycles. The molecule has 8 nitrogen and oxygen atoms in total. The molecular weight excluding hydrogens is 466 g/mol. The fourth-order valence-corrected chi connectivity index (χ4v) is 4.45. The molecule has 0 aliphatic carbocycles. The minimum atomic E-state index is -2.38. The van der Waals surface area contributed by atoms with E-state index in [-0.39, 0.29) is 24.2 Å². The highest BCUT2D eigenvalue weighted by atomic mass is 32.2. The molecule has 11 heteroatoms. The fraction of sp³-hybridized carbons (Fsp3) is 0.348. The van der Waals surface area contributed by atoms with E-state index in [1.54, 1.807) is 24.3 Å². The first-order chi connectivity index (χ1) is 15.8. The van der Waals surface area contributed by atoms with Crippen LogP contribution in [0.4, 0.5) is 8.78 Å². The van der Waals surface area contributed by atoms with Crippen LogP contribution in [0.15, 0.2) is 48.8 Å². The van der Waals surface area contributed by atoms with Crippen molar-refractivity contribution < 1.29 is 28.1 Å². The van der Waals surface area contributed by atoms with Crippen LogP contribution in [0, 0.1) is 0 Å². The lowest BCUT2D eigenvalue weighted by Crippen LogP contribution is -2.46. The molecule has 1 unspecified atom stereocenters.